The molecule has 1 atom stereocenters. The van der Waals surface area contributed by atoms with E-state index in [4.69, 9.17) is 0 Å². The van der Waals surface area contributed by atoms with Crippen LogP contribution in [0.3, 0.4) is 0 Å². The Hall–Kier alpha value is -4.19. The van der Waals surface area contributed by atoms with E-state index in [1.54, 1.807) is 6.20 Å². The second-order valence-corrected chi connectivity index (χ2v) is 9.90. The molecule has 2 aromatic heterocycles. The van der Waals surface area contributed by atoms with Gasteiger partial charge >= 0.3 is 0 Å². The summed E-state index contributed by atoms with van der Waals surface area (Å²) in [6, 6.07) is 24.6. The van der Waals surface area contributed by atoms with Crippen molar-refractivity contribution in [3.05, 3.63) is 112 Å². The third-order valence-corrected chi connectivity index (χ3v) is 7.02. The van der Waals surface area contributed by atoms with Crippen molar-refractivity contribution < 1.29 is 4.79 Å². The zero-order valence-corrected chi connectivity index (χ0v) is 21.6. The van der Waals surface area contributed by atoms with Gasteiger partial charge in [0.25, 0.3) is 5.56 Å². The maximum atomic E-state index is 13.7. The highest BCUT2D eigenvalue weighted by atomic mass is 16.2. The Labute approximate surface area is 216 Å². The zero-order valence-electron chi connectivity index (χ0n) is 21.6. The second kappa shape index (κ2) is 10.4. The van der Waals surface area contributed by atoms with Gasteiger partial charge in [0.05, 0.1) is 6.20 Å². The molecule has 0 aliphatic heterocycles. The van der Waals surface area contributed by atoms with E-state index in [0.29, 0.717) is 12.1 Å². The molecular weight excluding hydrogens is 460 g/mol. The van der Waals surface area contributed by atoms with Crippen molar-refractivity contribution in [2.45, 2.75) is 52.7 Å². The van der Waals surface area contributed by atoms with Crippen LogP contribution >= 0.6 is 0 Å². The molecule has 1 N–H and O–H groups in total. The number of hydrogen-bond donors (Lipinski definition) is 1. The molecule has 6 nitrogen and oxygen atoms in total. The fraction of sp³-hybridized carbons (Fsp3) is 0.258. The number of benzene rings is 3. The quantitative estimate of drug-likeness (QED) is 0.326. The maximum Gasteiger partial charge on any atom is 0.291 e. The first kappa shape index (κ1) is 24.5. The summed E-state index contributed by atoms with van der Waals surface area (Å²) in [6.07, 6.45) is 3.41. The number of carbonyl (C=O) groups excluding carboxylic acids is 1. The first-order valence-corrected chi connectivity index (χ1v) is 12.8. The number of aromatic nitrogens is 3. The van der Waals surface area contributed by atoms with Crippen molar-refractivity contribution in [2.75, 3.05) is 0 Å². The molecule has 0 saturated carbocycles. The molecule has 0 aliphatic rings. The van der Waals surface area contributed by atoms with Gasteiger partial charge in [-0.15, -0.1) is 0 Å². The first-order valence-electron chi connectivity index (χ1n) is 12.8. The van der Waals surface area contributed by atoms with Crippen LogP contribution in [0.15, 0.2) is 83.8 Å². The monoisotopic (exact) mass is 492 g/mol. The summed E-state index contributed by atoms with van der Waals surface area (Å²) in [6.45, 7) is 6.61. The van der Waals surface area contributed by atoms with E-state index < -0.39 is 0 Å². The SMILES string of the molecule is Cc1ccc(C)c(Cn2c3ccccc3c3cnn(CC(=O)N[C@H](C)CCc4ccccc4)c(=O)c32)c1. The van der Waals surface area contributed by atoms with Gasteiger partial charge in [0.15, 0.2) is 0 Å². The van der Waals surface area contributed by atoms with E-state index in [0.717, 1.165) is 34.7 Å². The highest BCUT2D eigenvalue weighted by Crippen LogP contribution is 2.28. The second-order valence-electron chi connectivity index (χ2n) is 9.90. The number of nitrogens with one attached hydrogen (secondary N) is 1. The summed E-state index contributed by atoms with van der Waals surface area (Å²) in [5.41, 5.74) is 6.05. The van der Waals surface area contributed by atoms with Gasteiger partial charge in [-0.1, -0.05) is 72.3 Å². The number of rotatable bonds is 8. The Bertz CT molecular complexity index is 1630. The molecule has 0 aliphatic carbocycles. The fourth-order valence-electron chi connectivity index (χ4n) is 4.97. The highest BCUT2D eigenvalue weighted by Gasteiger charge is 2.18. The molecule has 0 saturated heterocycles. The van der Waals surface area contributed by atoms with Crippen LogP contribution in [0.5, 0.6) is 0 Å². The van der Waals surface area contributed by atoms with Gasteiger partial charge in [-0.2, -0.15) is 5.10 Å². The third kappa shape index (κ3) is 5.19. The lowest BCUT2D eigenvalue weighted by Crippen LogP contribution is -2.38. The Morgan fingerprint density at radius 3 is 2.54 bits per heavy atom. The van der Waals surface area contributed by atoms with E-state index in [2.05, 4.69) is 59.2 Å². The van der Waals surface area contributed by atoms with Crippen LogP contribution in [-0.2, 0) is 24.3 Å². The molecular formula is C31H32N4O2. The molecule has 5 rings (SSSR count). The van der Waals surface area contributed by atoms with Gasteiger partial charge in [-0.05, 0) is 56.4 Å². The molecule has 0 bridgehead atoms. The van der Waals surface area contributed by atoms with Crippen LogP contribution in [0.2, 0.25) is 0 Å². The normalized spacial score (nSPS) is 12.2. The van der Waals surface area contributed by atoms with Gasteiger partial charge in [0.2, 0.25) is 5.91 Å². The molecule has 3 aromatic carbocycles. The molecule has 5 aromatic rings. The van der Waals surface area contributed by atoms with Gasteiger partial charge in [0, 0.05) is 28.9 Å². The first-order chi connectivity index (χ1) is 17.9. The lowest BCUT2D eigenvalue weighted by atomic mass is 10.1. The van der Waals surface area contributed by atoms with E-state index in [9.17, 15) is 9.59 Å². The molecule has 2 heterocycles. The Morgan fingerprint density at radius 2 is 1.73 bits per heavy atom. The topological polar surface area (TPSA) is 68.9 Å². The molecule has 37 heavy (non-hydrogen) atoms. The predicted molar refractivity (Wildman–Crippen MR) is 149 cm³/mol. The smallest absolute Gasteiger partial charge is 0.291 e. The van der Waals surface area contributed by atoms with Crippen LogP contribution in [0.1, 0.15) is 35.6 Å². The molecule has 1 amide bonds. The van der Waals surface area contributed by atoms with Gasteiger partial charge in [0.1, 0.15) is 12.1 Å². The average Bonchev–Trinajstić information content (AvgIpc) is 3.21. The van der Waals surface area contributed by atoms with Crippen molar-refractivity contribution in [3.8, 4) is 0 Å². The fourth-order valence-corrected chi connectivity index (χ4v) is 4.97. The minimum atomic E-state index is -0.258. The number of fused-ring (bicyclic) bond motifs is 3. The van der Waals surface area contributed by atoms with Crippen LogP contribution in [0, 0.1) is 13.8 Å². The van der Waals surface area contributed by atoms with E-state index in [1.807, 2.05) is 49.4 Å². The largest absolute Gasteiger partial charge is 0.352 e. The Morgan fingerprint density at radius 1 is 0.973 bits per heavy atom. The van der Waals surface area contributed by atoms with Gasteiger partial charge in [-0.3, -0.25) is 9.59 Å². The number of amides is 1. The summed E-state index contributed by atoms with van der Waals surface area (Å²) >= 11 is 0. The van der Waals surface area contributed by atoms with Crippen molar-refractivity contribution >= 4 is 27.7 Å². The number of aryl methyl sites for hydroxylation is 3. The molecule has 0 unspecified atom stereocenters. The van der Waals surface area contributed by atoms with Crippen molar-refractivity contribution in [3.63, 3.8) is 0 Å². The molecule has 0 spiro atoms. The lowest BCUT2D eigenvalue weighted by molar-refractivity contribution is -0.122. The van der Waals surface area contributed by atoms with E-state index in [1.165, 1.54) is 21.4 Å². The van der Waals surface area contributed by atoms with Gasteiger partial charge < -0.3 is 9.88 Å². The number of nitrogens with zero attached hydrogens (tertiary/aromatic N) is 3. The number of hydrogen-bond acceptors (Lipinski definition) is 3. The third-order valence-electron chi connectivity index (χ3n) is 7.02. The molecule has 188 valence electrons. The van der Waals surface area contributed by atoms with Crippen LogP contribution in [-0.4, -0.2) is 26.3 Å². The summed E-state index contributed by atoms with van der Waals surface area (Å²) < 4.78 is 3.34. The predicted octanol–water partition coefficient (Wildman–Crippen LogP) is 5.15. The number of carbonyl (C=O) groups is 1. The number of para-hydroxylation sites is 1. The van der Waals surface area contributed by atoms with E-state index in [-0.39, 0.29) is 24.1 Å². The highest BCUT2D eigenvalue weighted by molar-refractivity contribution is 6.07. The van der Waals surface area contributed by atoms with Crippen molar-refractivity contribution in [1.82, 2.24) is 19.7 Å². The summed E-state index contributed by atoms with van der Waals surface area (Å²) in [4.78, 5) is 26.5. The minimum absolute atomic E-state index is 0.0112. The Balaban J connectivity index is 1.42. The summed E-state index contributed by atoms with van der Waals surface area (Å²) in [5, 5.41) is 9.19. The summed E-state index contributed by atoms with van der Waals surface area (Å²) in [5.74, 6) is -0.216. The maximum absolute atomic E-state index is 13.7. The standard InChI is InChI=1S/C31H32N4O2/c1-21-13-14-22(2)25(17-21)19-34-28-12-8-7-11-26(28)27-18-32-35(31(37)30(27)34)20-29(36)33-23(3)15-16-24-9-5-4-6-10-24/h4-14,17-18,23H,15-16,19-20H2,1-3H3,(H,33,36)/t23-/m1/s1. The molecule has 6 heteroatoms. The van der Waals surface area contributed by atoms with E-state index >= 15 is 0 Å². The van der Waals surface area contributed by atoms with Gasteiger partial charge in [-0.25, -0.2) is 4.68 Å². The Kier molecular flexibility index (Phi) is 6.91. The van der Waals surface area contributed by atoms with Crippen LogP contribution in [0.25, 0.3) is 21.8 Å². The van der Waals surface area contributed by atoms with Crippen molar-refractivity contribution in [2.24, 2.45) is 0 Å². The zero-order chi connectivity index (χ0) is 25.9. The van der Waals surface area contributed by atoms with Crippen LogP contribution in [0.4, 0.5) is 0 Å². The lowest BCUT2D eigenvalue weighted by Gasteiger charge is -2.15. The van der Waals surface area contributed by atoms with Crippen molar-refractivity contribution in [1.29, 1.82) is 0 Å². The average molecular weight is 493 g/mol. The minimum Gasteiger partial charge on any atom is -0.352 e. The van der Waals surface area contributed by atoms with Crippen LogP contribution < -0.4 is 10.9 Å². The molecule has 0 fully saturated rings. The molecule has 0 radical (unpaired) electrons. The summed E-state index contributed by atoms with van der Waals surface area (Å²) in [7, 11) is 0.